The fourth-order valence-electron chi connectivity index (χ4n) is 12.7. The van der Waals surface area contributed by atoms with Gasteiger partial charge in [-0.15, -0.1) is 0 Å². The third kappa shape index (κ3) is 5.89. The van der Waals surface area contributed by atoms with Crippen molar-refractivity contribution in [3.8, 4) is 55.6 Å². The van der Waals surface area contributed by atoms with Crippen LogP contribution in [0.5, 0.6) is 0 Å². The van der Waals surface area contributed by atoms with E-state index in [0.717, 1.165) is 17.1 Å². The average Bonchev–Trinajstić information content (AvgIpc) is 3.92. The van der Waals surface area contributed by atoms with Crippen LogP contribution in [0.1, 0.15) is 22.3 Å². The Morgan fingerprint density at radius 1 is 0.222 bits per heavy atom. The molecule has 0 heterocycles. The maximum absolute atomic E-state index is 2.57. The van der Waals surface area contributed by atoms with Crippen molar-refractivity contribution < 1.29 is 0 Å². The van der Waals surface area contributed by atoms with Gasteiger partial charge in [-0.1, -0.05) is 237 Å². The Kier molecular flexibility index (Phi) is 8.94. The topological polar surface area (TPSA) is 3.24 Å². The lowest BCUT2D eigenvalue weighted by atomic mass is 9.70. The second-order valence-electron chi connectivity index (χ2n) is 19.5. The zero-order valence-electron chi connectivity index (χ0n) is 39.4. The van der Waals surface area contributed by atoms with Gasteiger partial charge < -0.3 is 4.90 Å². The molecule has 0 radical (unpaired) electrons. The second kappa shape index (κ2) is 15.9. The Bertz CT molecular complexity index is 4230. The smallest absolute Gasteiger partial charge is 0.0726 e. The van der Waals surface area contributed by atoms with E-state index in [9.17, 15) is 0 Å². The molecule has 72 heavy (non-hydrogen) atoms. The van der Waals surface area contributed by atoms with E-state index in [2.05, 4.69) is 278 Å². The lowest BCUT2D eigenvalue weighted by molar-refractivity contribution is 0.794. The molecule has 0 saturated carbocycles. The van der Waals surface area contributed by atoms with E-state index in [1.165, 1.54) is 121 Å². The molecule has 0 saturated heterocycles. The summed E-state index contributed by atoms with van der Waals surface area (Å²) in [6, 6.07) is 102. The predicted octanol–water partition coefficient (Wildman–Crippen LogP) is 19.1. The fraction of sp³-hybridized carbons (Fsp3) is 0.0141. The first-order chi connectivity index (χ1) is 35.7. The minimum atomic E-state index is -0.523. The van der Waals surface area contributed by atoms with Gasteiger partial charge in [-0.2, -0.15) is 0 Å². The lowest BCUT2D eigenvalue weighted by Crippen LogP contribution is -2.26. The Labute approximate surface area is 419 Å². The molecule has 0 amide bonds. The molecule has 334 valence electrons. The van der Waals surface area contributed by atoms with Crippen molar-refractivity contribution in [1.82, 2.24) is 0 Å². The highest BCUT2D eigenvalue weighted by Gasteiger charge is 2.52. The summed E-state index contributed by atoms with van der Waals surface area (Å²) >= 11 is 0. The zero-order chi connectivity index (χ0) is 47.3. The van der Waals surface area contributed by atoms with Gasteiger partial charge in [-0.05, 0) is 152 Å². The van der Waals surface area contributed by atoms with Crippen LogP contribution < -0.4 is 4.90 Å². The number of anilines is 3. The van der Waals surface area contributed by atoms with Crippen LogP contribution in [-0.4, -0.2) is 0 Å². The first kappa shape index (κ1) is 40.6. The van der Waals surface area contributed by atoms with Crippen molar-refractivity contribution >= 4 is 60.2 Å². The Morgan fingerprint density at radius 2 is 0.639 bits per heavy atom. The lowest BCUT2D eigenvalue weighted by Gasteiger charge is -2.33. The number of rotatable bonds is 6. The van der Waals surface area contributed by atoms with E-state index in [1.54, 1.807) is 0 Å². The van der Waals surface area contributed by atoms with Crippen molar-refractivity contribution in [3.05, 3.63) is 295 Å². The van der Waals surface area contributed by atoms with Gasteiger partial charge in [0, 0.05) is 16.9 Å². The van der Waals surface area contributed by atoms with Gasteiger partial charge in [0.1, 0.15) is 0 Å². The molecule has 0 aromatic heterocycles. The molecule has 0 bridgehead atoms. The largest absolute Gasteiger partial charge is 0.310 e. The van der Waals surface area contributed by atoms with Gasteiger partial charge in [0.2, 0.25) is 0 Å². The number of benzene rings is 13. The third-order valence-corrected chi connectivity index (χ3v) is 15.9. The third-order valence-electron chi connectivity index (χ3n) is 15.9. The average molecular weight is 912 g/mol. The summed E-state index contributed by atoms with van der Waals surface area (Å²) in [4.78, 5) is 2.55. The van der Waals surface area contributed by atoms with E-state index in [4.69, 9.17) is 0 Å². The zero-order valence-corrected chi connectivity index (χ0v) is 39.4. The van der Waals surface area contributed by atoms with Crippen molar-refractivity contribution in [3.63, 3.8) is 0 Å². The summed E-state index contributed by atoms with van der Waals surface area (Å²) in [5, 5.41) is 9.98. The minimum Gasteiger partial charge on any atom is -0.310 e. The van der Waals surface area contributed by atoms with Crippen molar-refractivity contribution in [2.45, 2.75) is 5.41 Å². The number of hydrogen-bond acceptors (Lipinski definition) is 1. The van der Waals surface area contributed by atoms with E-state index in [1.807, 2.05) is 0 Å². The van der Waals surface area contributed by atoms with Gasteiger partial charge >= 0.3 is 0 Å². The molecule has 0 atom stereocenters. The number of nitrogens with zero attached hydrogens (tertiary/aromatic N) is 1. The Balaban J connectivity index is 1.03. The summed E-state index contributed by atoms with van der Waals surface area (Å²) in [6.45, 7) is 0. The molecule has 2 aliphatic carbocycles. The van der Waals surface area contributed by atoms with E-state index in [-0.39, 0.29) is 0 Å². The second-order valence-corrected chi connectivity index (χ2v) is 19.5. The number of fused-ring (bicyclic) bond motifs is 17. The monoisotopic (exact) mass is 911 g/mol. The fourth-order valence-corrected chi connectivity index (χ4v) is 12.7. The summed E-state index contributed by atoms with van der Waals surface area (Å²) < 4.78 is 0. The van der Waals surface area contributed by atoms with Crippen molar-refractivity contribution in [2.24, 2.45) is 0 Å². The maximum Gasteiger partial charge on any atom is 0.0726 e. The van der Waals surface area contributed by atoms with Gasteiger partial charge in [-0.3, -0.25) is 0 Å². The highest BCUT2D eigenvalue weighted by Crippen LogP contribution is 2.64. The quantitative estimate of drug-likeness (QED) is 0.150. The molecule has 1 spiro atoms. The SMILES string of the molecule is c1ccc(-c2ccc(-c3ccc(N(c4ccc5c6ccccc6c6ccccc6c5c4)c4cc5c(cc4-c4cccc6ccccc46)-c4ccccc4C54c5ccccc5-c5ccccc54)cc3)cc2)cc1. The van der Waals surface area contributed by atoms with E-state index >= 15 is 0 Å². The number of hydrogen-bond donors (Lipinski definition) is 0. The molecule has 0 fully saturated rings. The van der Waals surface area contributed by atoms with Crippen molar-refractivity contribution in [2.75, 3.05) is 4.90 Å². The normalized spacial score (nSPS) is 12.8. The van der Waals surface area contributed by atoms with Crippen LogP contribution >= 0.6 is 0 Å². The molecule has 13 aromatic rings. The first-order valence-electron chi connectivity index (χ1n) is 25.1. The van der Waals surface area contributed by atoms with E-state index in [0.29, 0.717) is 0 Å². The first-order valence-corrected chi connectivity index (χ1v) is 25.1. The molecule has 1 heteroatoms. The van der Waals surface area contributed by atoms with Crippen LogP contribution in [-0.2, 0) is 5.41 Å². The van der Waals surface area contributed by atoms with Crippen LogP contribution in [0, 0.1) is 0 Å². The Morgan fingerprint density at radius 3 is 1.24 bits per heavy atom. The molecule has 0 unspecified atom stereocenters. The van der Waals surface area contributed by atoms with Crippen LogP contribution in [0.25, 0.3) is 98.7 Å². The molecule has 0 N–H and O–H groups in total. The van der Waals surface area contributed by atoms with Gasteiger partial charge in [0.05, 0.1) is 11.1 Å². The van der Waals surface area contributed by atoms with Gasteiger partial charge in [0.25, 0.3) is 0 Å². The maximum atomic E-state index is 2.57. The molecular formula is C71H45N. The summed E-state index contributed by atoms with van der Waals surface area (Å²) in [6.07, 6.45) is 0. The van der Waals surface area contributed by atoms with Gasteiger partial charge in [-0.25, -0.2) is 0 Å². The summed E-state index contributed by atoms with van der Waals surface area (Å²) in [7, 11) is 0. The predicted molar refractivity (Wildman–Crippen MR) is 304 cm³/mol. The summed E-state index contributed by atoms with van der Waals surface area (Å²) in [5.41, 5.74) is 20.4. The van der Waals surface area contributed by atoms with Crippen molar-refractivity contribution in [1.29, 1.82) is 0 Å². The summed E-state index contributed by atoms with van der Waals surface area (Å²) in [5.74, 6) is 0. The molecule has 15 rings (SSSR count). The Hall–Kier alpha value is -9.30. The standard InChI is InChI=1S/C71H45N/c1-2-17-46(18-3-1)47-33-35-48(36-34-47)49-37-39-51(40-38-49)72(52-41-42-59-57-24-7-6-22-55(57)56-23-8-9-25-58(56)63(59)43-52)70-45-69-64(44-65(70)54-29-16-20-50-19-4-5-21-53(50)54)62-28-12-15-32-68(62)71(69)66-30-13-10-26-60(66)61-27-11-14-31-67(61)71/h1-45H. The van der Waals surface area contributed by atoms with Crippen LogP contribution in [0.4, 0.5) is 17.1 Å². The van der Waals surface area contributed by atoms with Crippen LogP contribution in [0.15, 0.2) is 273 Å². The molecule has 2 aliphatic rings. The van der Waals surface area contributed by atoms with E-state index < -0.39 is 5.41 Å². The highest BCUT2D eigenvalue weighted by atomic mass is 15.1. The molecule has 13 aromatic carbocycles. The van der Waals surface area contributed by atoms with Crippen LogP contribution in [0.2, 0.25) is 0 Å². The van der Waals surface area contributed by atoms with Gasteiger partial charge in [0.15, 0.2) is 0 Å². The molecule has 1 nitrogen and oxygen atoms in total. The molecular weight excluding hydrogens is 867 g/mol. The molecule has 0 aliphatic heterocycles. The van der Waals surface area contributed by atoms with Crippen LogP contribution in [0.3, 0.4) is 0 Å². The minimum absolute atomic E-state index is 0.523. The highest BCUT2D eigenvalue weighted by molar-refractivity contribution is 6.26.